The highest BCUT2D eigenvalue weighted by molar-refractivity contribution is 9.10. The van der Waals surface area contributed by atoms with Crippen molar-refractivity contribution in [1.29, 1.82) is 5.26 Å². The molecule has 1 aromatic rings. The molecule has 0 aliphatic rings. The molecule has 0 amide bonds. The number of nitrogens with zero attached hydrogens (tertiary/aromatic N) is 4. The van der Waals surface area contributed by atoms with E-state index in [2.05, 4.69) is 32.0 Å². The highest BCUT2D eigenvalue weighted by Gasteiger charge is 2.08. The van der Waals surface area contributed by atoms with Gasteiger partial charge in [-0.1, -0.05) is 0 Å². The molecule has 0 aromatic carbocycles. The van der Waals surface area contributed by atoms with E-state index >= 15 is 0 Å². The molecule has 1 heterocycles. The first-order chi connectivity index (χ1) is 6.79. The molecule has 1 rings (SSSR count). The minimum Gasteiger partial charge on any atom is -0.355 e. The zero-order valence-corrected chi connectivity index (χ0v) is 9.53. The van der Waals surface area contributed by atoms with E-state index in [9.17, 15) is 0 Å². The molecule has 0 radical (unpaired) electrons. The highest BCUT2D eigenvalue weighted by Crippen LogP contribution is 2.21. The number of hydrogen-bond donors (Lipinski definition) is 0. The van der Waals surface area contributed by atoms with Crippen molar-refractivity contribution < 1.29 is 0 Å². The van der Waals surface area contributed by atoms with Gasteiger partial charge in [-0.15, -0.1) is 0 Å². The molecule has 4 nitrogen and oxygen atoms in total. The minimum atomic E-state index is 0.504. The van der Waals surface area contributed by atoms with Crippen molar-refractivity contribution in [2.24, 2.45) is 0 Å². The van der Waals surface area contributed by atoms with Crippen molar-refractivity contribution in [1.82, 2.24) is 9.97 Å². The largest absolute Gasteiger partial charge is 0.355 e. The summed E-state index contributed by atoms with van der Waals surface area (Å²) < 4.78 is 0.861. The molecular formula is C9H11BrN4. The summed E-state index contributed by atoms with van der Waals surface area (Å²) in [6.07, 6.45) is 3.72. The van der Waals surface area contributed by atoms with Crippen LogP contribution in [0, 0.1) is 11.3 Å². The van der Waals surface area contributed by atoms with Crippen LogP contribution in [0.2, 0.25) is 0 Å². The summed E-state index contributed by atoms with van der Waals surface area (Å²) in [6, 6.07) is 2.12. The summed E-state index contributed by atoms with van der Waals surface area (Å²) >= 11 is 3.38. The van der Waals surface area contributed by atoms with Gasteiger partial charge in [0.1, 0.15) is 12.1 Å². The van der Waals surface area contributed by atoms with Crippen molar-refractivity contribution >= 4 is 21.7 Å². The lowest BCUT2D eigenvalue weighted by molar-refractivity contribution is 0.804. The Kier molecular flexibility index (Phi) is 4.33. The summed E-state index contributed by atoms with van der Waals surface area (Å²) in [5.74, 6) is 0.845. The second kappa shape index (κ2) is 5.55. The normalized spacial score (nSPS) is 9.50. The van der Waals surface area contributed by atoms with Crippen molar-refractivity contribution in [3.63, 3.8) is 0 Å². The van der Waals surface area contributed by atoms with Crippen LogP contribution < -0.4 is 4.90 Å². The average molecular weight is 255 g/mol. The van der Waals surface area contributed by atoms with E-state index in [-0.39, 0.29) is 0 Å². The topological polar surface area (TPSA) is 52.8 Å². The fourth-order valence-corrected chi connectivity index (χ4v) is 1.61. The zero-order valence-electron chi connectivity index (χ0n) is 7.94. The van der Waals surface area contributed by atoms with E-state index < -0.39 is 0 Å². The van der Waals surface area contributed by atoms with Gasteiger partial charge in [0.05, 0.1) is 17.0 Å². The second-order valence-electron chi connectivity index (χ2n) is 2.68. The van der Waals surface area contributed by atoms with Crippen LogP contribution in [0.1, 0.15) is 13.3 Å². The summed E-state index contributed by atoms with van der Waals surface area (Å²) in [5.41, 5.74) is 0. The van der Waals surface area contributed by atoms with Crippen LogP contribution in [0.25, 0.3) is 0 Å². The standard InChI is InChI=1S/C9H11BrN4/c1-2-14(5-3-4-11)9-8(10)6-12-7-13-9/h6-7H,2-3,5H2,1H3. The van der Waals surface area contributed by atoms with Gasteiger partial charge in [0.2, 0.25) is 0 Å². The van der Waals surface area contributed by atoms with Crippen molar-refractivity contribution in [2.45, 2.75) is 13.3 Å². The Labute approximate surface area is 91.7 Å². The number of rotatable bonds is 4. The quantitative estimate of drug-likeness (QED) is 0.825. The maximum Gasteiger partial charge on any atom is 0.146 e. The molecule has 0 aliphatic carbocycles. The first kappa shape index (κ1) is 10.9. The molecule has 5 heteroatoms. The lowest BCUT2D eigenvalue weighted by Gasteiger charge is -2.21. The van der Waals surface area contributed by atoms with E-state index in [4.69, 9.17) is 5.26 Å². The molecule has 0 fully saturated rings. The molecule has 0 aliphatic heterocycles. The monoisotopic (exact) mass is 254 g/mol. The molecule has 0 unspecified atom stereocenters. The lowest BCUT2D eigenvalue weighted by Crippen LogP contribution is -2.25. The second-order valence-corrected chi connectivity index (χ2v) is 3.54. The molecule has 0 spiro atoms. The Morgan fingerprint density at radius 1 is 1.64 bits per heavy atom. The average Bonchev–Trinajstić information content (AvgIpc) is 2.21. The van der Waals surface area contributed by atoms with E-state index in [1.807, 2.05) is 11.8 Å². The van der Waals surface area contributed by atoms with Crippen LogP contribution >= 0.6 is 15.9 Å². The van der Waals surface area contributed by atoms with Crippen LogP contribution in [-0.2, 0) is 0 Å². The first-order valence-electron chi connectivity index (χ1n) is 4.37. The number of nitriles is 1. The molecule has 1 aromatic heterocycles. The summed E-state index contributed by atoms with van der Waals surface area (Å²) in [6.45, 7) is 3.56. The summed E-state index contributed by atoms with van der Waals surface area (Å²) in [5, 5.41) is 8.51. The van der Waals surface area contributed by atoms with Crippen LogP contribution in [0.15, 0.2) is 17.0 Å². The molecule has 14 heavy (non-hydrogen) atoms. The Morgan fingerprint density at radius 2 is 2.43 bits per heavy atom. The Hall–Kier alpha value is -1.15. The Balaban J connectivity index is 2.79. The van der Waals surface area contributed by atoms with Gasteiger partial charge in [0, 0.05) is 19.3 Å². The predicted octanol–water partition coefficient (Wildman–Crippen LogP) is 1.98. The number of halogens is 1. The summed E-state index contributed by atoms with van der Waals surface area (Å²) in [4.78, 5) is 10.1. The highest BCUT2D eigenvalue weighted by atomic mass is 79.9. The van der Waals surface area contributed by atoms with Crippen molar-refractivity contribution in [2.75, 3.05) is 18.0 Å². The van der Waals surface area contributed by atoms with Crippen LogP contribution in [0.3, 0.4) is 0 Å². The minimum absolute atomic E-state index is 0.504. The van der Waals surface area contributed by atoms with Crippen LogP contribution in [0.4, 0.5) is 5.82 Å². The van der Waals surface area contributed by atoms with E-state index in [0.29, 0.717) is 13.0 Å². The van der Waals surface area contributed by atoms with Gasteiger partial charge >= 0.3 is 0 Å². The number of anilines is 1. The smallest absolute Gasteiger partial charge is 0.146 e. The SMILES string of the molecule is CCN(CCC#N)c1ncncc1Br. The number of hydrogen-bond acceptors (Lipinski definition) is 4. The maximum absolute atomic E-state index is 8.51. The third-order valence-electron chi connectivity index (χ3n) is 1.82. The Morgan fingerprint density at radius 3 is 3.00 bits per heavy atom. The third-order valence-corrected chi connectivity index (χ3v) is 2.38. The third kappa shape index (κ3) is 2.67. The maximum atomic E-state index is 8.51. The fraction of sp³-hybridized carbons (Fsp3) is 0.444. The van der Waals surface area contributed by atoms with Gasteiger partial charge in [-0.3, -0.25) is 0 Å². The fourth-order valence-electron chi connectivity index (χ4n) is 1.14. The molecule has 0 saturated heterocycles. The molecule has 74 valence electrons. The summed E-state index contributed by atoms with van der Waals surface area (Å²) in [7, 11) is 0. The first-order valence-corrected chi connectivity index (χ1v) is 5.16. The molecule has 0 saturated carbocycles. The Bertz CT molecular complexity index is 334. The molecule has 0 atom stereocenters. The van der Waals surface area contributed by atoms with Gasteiger partial charge in [-0.2, -0.15) is 5.26 Å². The van der Waals surface area contributed by atoms with Crippen molar-refractivity contribution in [3.05, 3.63) is 17.0 Å². The molecule has 0 bridgehead atoms. The lowest BCUT2D eigenvalue weighted by atomic mass is 10.4. The van der Waals surface area contributed by atoms with Gasteiger partial charge in [0.15, 0.2) is 0 Å². The molecular weight excluding hydrogens is 244 g/mol. The van der Waals surface area contributed by atoms with Gasteiger partial charge in [-0.25, -0.2) is 9.97 Å². The van der Waals surface area contributed by atoms with Gasteiger partial charge in [-0.05, 0) is 22.9 Å². The number of aromatic nitrogens is 2. The van der Waals surface area contributed by atoms with E-state index in [0.717, 1.165) is 16.8 Å². The van der Waals surface area contributed by atoms with Crippen LogP contribution in [-0.4, -0.2) is 23.1 Å². The van der Waals surface area contributed by atoms with E-state index in [1.165, 1.54) is 6.33 Å². The zero-order chi connectivity index (χ0) is 10.4. The van der Waals surface area contributed by atoms with E-state index in [1.54, 1.807) is 6.20 Å². The van der Waals surface area contributed by atoms with Gasteiger partial charge < -0.3 is 4.90 Å². The van der Waals surface area contributed by atoms with Crippen molar-refractivity contribution in [3.8, 4) is 6.07 Å². The van der Waals surface area contributed by atoms with Gasteiger partial charge in [0.25, 0.3) is 0 Å². The predicted molar refractivity (Wildman–Crippen MR) is 57.8 cm³/mol. The van der Waals surface area contributed by atoms with Crippen LogP contribution in [0.5, 0.6) is 0 Å². The molecule has 0 N–H and O–H groups in total.